The van der Waals surface area contributed by atoms with E-state index in [1.807, 2.05) is 18.2 Å². The van der Waals surface area contributed by atoms with E-state index in [1.165, 1.54) is 12.0 Å². The minimum Gasteiger partial charge on any atom is -0.493 e. The van der Waals surface area contributed by atoms with Crippen LogP contribution in [-0.2, 0) is 13.1 Å². The van der Waals surface area contributed by atoms with Crippen LogP contribution in [0.1, 0.15) is 52.6 Å². The van der Waals surface area contributed by atoms with Crippen molar-refractivity contribution in [3.8, 4) is 17.2 Å². The van der Waals surface area contributed by atoms with Crippen LogP contribution in [0.2, 0.25) is 0 Å². The second-order valence-electron chi connectivity index (χ2n) is 8.90. The van der Waals surface area contributed by atoms with E-state index >= 15 is 0 Å². The molecule has 41 heavy (non-hydrogen) atoms. The summed E-state index contributed by atoms with van der Waals surface area (Å²) in [5, 5.41) is 28.8. The molecule has 0 heterocycles. The topological polar surface area (TPSA) is 151 Å². The minimum absolute atomic E-state index is 0.0326. The van der Waals surface area contributed by atoms with E-state index in [9.17, 15) is 34.5 Å². The van der Waals surface area contributed by atoms with Crippen LogP contribution in [0, 0.1) is 0 Å². The standard InChI is InChI=1S/C31H25NO9/c1-40-26-9-5-6-10-27(26)41-21-13-11-20(12-14-21)18-32(17-19-7-3-2-4-8-19)28(33)22-15-24(30(36)37)25(31(38)39)16-23(22)29(34)35/h2-16H,17-18H2,1H3,(H,34,35)(H,36,37)(H,38,39). The molecule has 0 aromatic heterocycles. The molecule has 10 heteroatoms. The van der Waals surface area contributed by atoms with Crippen molar-refractivity contribution >= 4 is 23.8 Å². The van der Waals surface area contributed by atoms with E-state index in [2.05, 4.69) is 0 Å². The fourth-order valence-corrected chi connectivity index (χ4v) is 4.19. The third-order valence-corrected chi connectivity index (χ3v) is 6.18. The van der Waals surface area contributed by atoms with Gasteiger partial charge in [0.2, 0.25) is 0 Å². The van der Waals surface area contributed by atoms with Crippen LogP contribution in [0.15, 0.2) is 91.0 Å². The van der Waals surface area contributed by atoms with Gasteiger partial charge >= 0.3 is 17.9 Å². The average molecular weight is 556 g/mol. The molecule has 0 atom stereocenters. The maximum atomic E-state index is 13.8. The Balaban J connectivity index is 1.69. The molecule has 1 amide bonds. The summed E-state index contributed by atoms with van der Waals surface area (Å²) in [5.41, 5.74) is -1.05. The highest BCUT2D eigenvalue weighted by atomic mass is 16.5. The average Bonchev–Trinajstić information content (AvgIpc) is 2.97. The molecule has 208 valence electrons. The first-order valence-electron chi connectivity index (χ1n) is 12.3. The van der Waals surface area contributed by atoms with E-state index in [-0.39, 0.29) is 13.1 Å². The van der Waals surface area contributed by atoms with Gasteiger partial charge in [-0.25, -0.2) is 14.4 Å². The molecule has 4 aromatic carbocycles. The molecule has 0 spiro atoms. The molecule has 0 aliphatic rings. The molecule has 0 aliphatic heterocycles. The van der Waals surface area contributed by atoms with Crippen LogP contribution in [0.4, 0.5) is 0 Å². The number of carboxylic acid groups (broad SMARTS) is 3. The molecule has 0 saturated carbocycles. The Morgan fingerprint density at radius 1 is 0.610 bits per heavy atom. The van der Waals surface area contributed by atoms with Crippen LogP contribution < -0.4 is 9.47 Å². The summed E-state index contributed by atoms with van der Waals surface area (Å²) >= 11 is 0. The minimum atomic E-state index is -1.62. The van der Waals surface area contributed by atoms with E-state index in [4.69, 9.17) is 9.47 Å². The number of rotatable bonds is 11. The largest absolute Gasteiger partial charge is 0.493 e. The molecule has 3 N–H and O–H groups in total. The summed E-state index contributed by atoms with van der Waals surface area (Å²) in [6.45, 7) is 0.103. The first-order chi connectivity index (χ1) is 19.7. The van der Waals surface area contributed by atoms with Gasteiger partial charge in [-0.15, -0.1) is 0 Å². The lowest BCUT2D eigenvalue weighted by molar-refractivity contribution is 0.0643. The number of carboxylic acids is 3. The van der Waals surface area contributed by atoms with Crippen molar-refractivity contribution in [2.24, 2.45) is 0 Å². The number of benzene rings is 4. The molecule has 10 nitrogen and oxygen atoms in total. The number of nitrogens with zero attached hydrogens (tertiary/aromatic N) is 1. The van der Waals surface area contributed by atoms with Crippen LogP contribution in [0.25, 0.3) is 0 Å². The Labute approximate surface area is 234 Å². The van der Waals surface area contributed by atoms with Gasteiger partial charge in [0.05, 0.1) is 29.4 Å². The number of carbonyl (C=O) groups is 4. The van der Waals surface area contributed by atoms with E-state index in [0.29, 0.717) is 28.9 Å². The van der Waals surface area contributed by atoms with Gasteiger partial charge in [-0.05, 0) is 47.5 Å². The summed E-state index contributed by atoms with van der Waals surface area (Å²) in [4.78, 5) is 50.6. The number of ether oxygens (including phenoxy) is 2. The second kappa shape index (κ2) is 12.5. The lowest BCUT2D eigenvalue weighted by Crippen LogP contribution is -2.32. The SMILES string of the molecule is COc1ccccc1Oc1ccc(CN(Cc2ccccc2)C(=O)c2cc(C(=O)O)c(C(=O)O)cc2C(=O)O)cc1. The summed E-state index contributed by atoms with van der Waals surface area (Å²) in [5.74, 6) is -3.98. The molecule has 0 radical (unpaired) electrons. The number of methoxy groups -OCH3 is 1. The fraction of sp³-hybridized carbons (Fsp3) is 0.0968. The predicted octanol–water partition coefficient (Wildman–Crippen LogP) is 5.42. The van der Waals surface area contributed by atoms with Gasteiger partial charge in [0, 0.05) is 13.1 Å². The lowest BCUT2D eigenvalue weighted by Gasteiger charge is -2.24. The van der Waals surface area contributed by atoms with Crippen molar-refractivity contribution in [2.45, 2.75) is 13.1 Å². The Bertz CT molecular complexity index is 1600. The highest BCUT2D eigenvalue weighted by Crippen LogP contribution is 2.31. The van der Waals surface area contributed by atoms with Gasteiger partial charge in [0.15, 0.2) is 11.5 Å². The van der Waals surface area contributed by atoms with Crippen molar-refractivity contribution < 1.29 is 44.0 Å². The van der Waals surface area contributed by atoms with Crippen molar-refractivity contribution in [1.82, 2.24) is 4.90 Å². The Morgan fingerprint density at radius 3 is 1.61 bits per heavy atom. The number of hydrogen-bond acceptors (Lipinski definition) is 6. The molecular weight excluding hydrogens is 530 g/mol. The monoisotopic (exact) mass is 555 g/mol. The highest BCUT2D eigenvalue weighted by Gasteiger charge is 2.28. The van der Waals surface area contributed by atoms with E-state index in [0.717, 1.165) is 11.6 Å². The Morgan fingerprint density at radius 2 is 1.07 bits per heavy atom. The lowest BCUT2D eigenvalue weighted by atomic mass is 9.96. The van der Waals surface area contributed by atoms with Crippen molar-refractivity contribution in [3.05, 3.63) is 124 Å². The summed E-state index contributed by atoms with van der Waals surface area (Å²) < 4.78 is 11.2. The summed E-state index contributed by atoms with van der Waals surface area (Å²) in [6.07, 6.45) is 0. The zero-order valence-electron chi connectivity index (χ0n) is 21.8. The molecule has 0 saturated heterocycles. The number of aromatic carboxylic acids is 3. The molecule has 0 aliphatic carbocycles. The van der Waals surface area contributed by atoms with Gasteiger partial charge in [-0.2, -0.15) is 0 Å². The Kier molecular flexibility index (Phi) is 8.63. The normalized spacial score (nSPS) is 10.5. The number of amides is 1. The van der Waals surface area contributed by atoms with Crippen LogP contribution in [0.3, 0.4) is 0 Å². The number of para-hydroxylation sites is 2. The number of hydrogen-bond donors (Lipinski definition) is 3. The summed E-state index contributed by atoms with van der Waals surface area (Å²) in [6, 6.07) is 24.5. The fourth-order valence-electron chi connectivity index (χ4n) is 4.19. The van der Waals surface area contributed by atoms with Crippen molar-refractivity contribution in [1.29, 1.82) is 0 Å². The Hall–Kier alpha value is -5.64. The first-order valence-corrected chi connectivity index (χ1v) is 12.3. The van der Waals surface area contributed by atoms with Gasteiger partial charge in [-0.1, -0.05) is 54.6 Å². The molecule has 0 unspecified atom stereocenters. The van der Waals surface area contributed by atoms with Crippen molar-refractivity contribution in [3.63, 3.8) is 0 Å². The molecule has 0 fully saturated rings. The van der Waals surface area contributed by atoms with Gasteiger partial charge in [-0.3, -0.25) is 4.79 Å². The molecule has 0 bridgehead atoms. The molecule has 4 rings (SSSR count). The second-order valence-corrected chi connectivity index (χ2v) is 8.90. The summed E-state index contributed by atoms with van der Waals surface area (Å²) in [7, 11) is 1.54. The maximum absolute atomic E-state index is 13.8. The number of carbonyl (C=O) groups excluding carboxylic acids is 1. The maximum Gasteiger partial charge on any atom is 0.336 e. The van der Waals surface area contributed by atoms with Gasteiger partial charge < -0.3 is 29.7 Å². The zero-order valence-corrected chi connectivity index (χ0v) is 21.8. The van der Waals surface area contributed by atoms with Crippen LogP contribution in [-0.4, -0.2) is 51.1 Å². The first kappa shape index (κ1) is 28.4. The third-order valence-electron chi connectivity index (χ3n) is 6.18. The predicted molar refractivity (Wildman–Crippen MR) is 147 cm³/mol. The third kappa shape index (κ3) is 6.69. The van der Waals surface area contributed by atoms with Gasteiger partial charge in [0.1, 0.15) is 5.75 Å². The molecular formula is C31H25NO9. The van der Waals surface area contributed by atoms with Crippen LogP contribution in [0.5, 0.6) is 17.2 Å². The highest BCUT2D eigenvalue weighted by molar-refractivity contribution is 6.10. The quantitative estimate of drug-likeness (QED) is 0.220. The zero-order chi connectivity index (χ0) is 29.5. The van der Waals surface area contributed by atoms with Crippen molar-refractivity contribution in [2.75, 3.05) is 7.11 Å². The van der Waals surface area contributed by atoms with Crippen LogP contribution >= 0.6 is 0 Å². The molecule has 4 aromatic rings. The van der Waals surface area contributed by atoms with E-state index < -0.39 is 46.1 Å². The smallest absolute Gasteiger partial charge is 0.336 e. The van der Waals surface area contributed by atoms with E-state index in [1.54, 1.807) is 60.7 Å². The van der Waals surface area contributed by atoms with Gasteiger partial charge in [0.25, 0.3) is 5.91 Å².